The van der Waals surface area contributed by atoms with Gasteiger partial charge in [0.15, 0.2) is 0 Å². The van der Waals surface area contributed by atoms with E-state index in [0.717, 1.165) is 25.3 Å². The summed E-state index contributed by atoms with van der Waals surface area (Å²) in [7, 11) is 1.71. The van der Waals surface area contributed by atoms with Gasteiger partial charge in [-0.15, -0.1) is 0 Å². The summed E-state index contributed by atoms with van der Waals surface area (Å²) in [6, 6.07) is 6.36. The molecule has 0 saturated heterocycles. The van der Waals surface area contributed by atoms with Crippen LogP contribution in [0.25, 0.3) is 0 Å². The first-order valence-electron chi connectivity index (χ1n) is 5.12. The van der Waals surface area contributed by atoms with E-state index in [1.807, 2.05) is 6.07 Å². The van der Waals surface area contributed by atoms with Crippen LogP contribution >= 0.6 is 0 Å². The van der Waals surface area contributed by atoms with Gasteiger partial charge in [0.1, 0.15) is 5.75 Å². The van der Waals surface area contributed by atoms with Crippen LogP contribution < -0.4 is 10.1 Å². The zero-order valence-corrected chi connectivity index (χ0v) is 9.26. The van der Waals surface area contributed by atoms with Crippen molar-refractivity contribution in [2.75, 3.05) is 20.2 Å². The Labute approximate surface area is 86.3 Å². The molecule has 1 aromatic carbocycles. The summed E-state index contributed by atoms with van der Waals surface area (Å²) in [5.41, 5.74) is 2.57. The minimum atomic E-state index is 0.970. The molecule has 2 nitrogen and oxygen atoms in total. The van der Waals surface area contributed by atoms with Crippen molar-refractivity contribution in [1.82, 2.24) is 5.32 Å². The molecule has 0 aliphatic heterocycles. The fraction of sp³-hybridized carbons (Fsp3) is 0.500. The largest absolute Gasteiger partial charge is 0.496 e. The Morgan fingerprint density at radius 3 is 2.71 bits per heavy atom. The third kappa shape index (κ3) is 3.04. The van der Waals surface area contributed by atoms with Crippen LogP contribution in [0.2, 0.25) is 0 Å². The number of rotatable bonds is 5. The molecule has 0 atom stereocenters. The van der Waals surface area contributed by atoms with Crippen molar-refractivity contribution in [1.29, 1.82) is 0 Å². The summed E-state index contributed by atoms with van der Waals surface area (Å²) in [4.78, 5) is 0. The molecule has 1 N–H and O–H groups in total. The van der Waals surface area contributed by atoms with E-state index in [1.165, 1.54) is 11.1 Å². The van der Waals surface area contributed by atoms with E-state index in [0.29, 0.717) is 0 Å². The molecular formula is C12H19NO. The molecule has 1 aromatic rings. The molecule has 0 unspecified atom stereocenters. The highest BCUT2D eigenvalue weighted by Crippen LogP contribution is 2.18. The number of ether oxygens (including phenoxy) is 1. The number of nitrogens with one attached hydrogen (secondary N) is 1. The lowest BCUT2D eigenvalue weighted by molar-refractivity contribution is 0.411. The van der Waals surface area contributed by atoms with Gasteiger partial charge < -0.3 is 10.1 Å². The van der Waals surface area contributed by atoms with Crippen LogP contribution in [-0.4, -0.2) is 20.2 Å². The summed E-state index contributed by atoms with van der Waals surface area (Å²) >= 11 is 0. The predicted octanol–water partition coefficient (Wildman–Crippen LogP) is 2.16. The molecule has 0 heterocycles. The maximum atomic E-state index is 5.21. The first-order valence-corrected chi connectivity index (χ1v) is 5.12. The third-order valence-electron chi connectivity index (χ3n) is 2.30. The average Bonchev–Trinajstić information content (AvgIpc) is 2.18. The minimum Gasteiger partial charge on any atom is -0.496 e. The zero-order valence-electron chi connectivity index (χ0n) is 9.26. The second-order valence-electron chi connectivity index (χ2n) is 3.41. The van der Waals surface area contributed by atoms with Crippen molar-refractivity contribution in [2.24, 2.45) is 0 Å². The van der Waals surface area contributed by atoms with Gasteiger partial charge in [-0.05, 0) is 43.6 Å². The predicted molar refractivity (Wildman–Crippen MR) is 60.0 cm³/mol. The lowest BCUT2D eigenvalue weighted by Gasteiger charge is -2.07. The van der Waals surface area contributed by atoms with Gasteiger partial charge in [0, 0.05) is 0 Å². The average molecular weight is 193 g/mol. The Bertz CT molecular complexity index is 284. The van der Waals surface area contributed by atoms with Gasteiger partial charge in [-0.1, -0.05) is 19.1 Å². The molecule has 0 spiro atoms. The highest BCUT2D eigenvalue weighted by atomic mass is 16.5. The Balaban J connectivity index is 2.57. The van der Waals surface area contributed by atoms with E-state index in [9.17, 15) is 0 Å². The molecule has 0 aliphatic carbocycles. The van der Waals surface area contributed by atoms with Crippen molar-refractivity contribution in [3.05, 3.63) is 29.3 Å². The maximum absolute atomic E-state index is 5.21. The van der Waals surface area contributed by atoms with Crippen molar-refractivity contribution >= 4 is 0 Å². The summed E-state index contributed by atoms with van der Waals surface area (Å²) < 4.78 is 5.21. The van der Waals surface area contributed by atoms with Crippen molar-refractivity contribution < 1.29 is 4.74 Å². The van der Waals surface area contributed by atoms with Crippen LogP contribution in [0.1, 0.15) is 18.1 Å². The van der Waals surface area contributed by atoms with Gasteiger partial charge in [-0.3, -0.25) is 0 Å². The van der Waals surface area contributed by atoms with E-state index in [4.69, 9.17) is 4.74 Å². The number of hydrogen-bond donors (Lipinski definition) is 1. The smallest absolute Gasteiger partial charge is 0.121 e. The summed E-state index contributed by atoms with van der Waals surface area (Å²) in [5.74, 6) is 0.970. The Morgan fingerprint density at radius 1 is 1.36 bits per heavy atom. The Morgan fingerprint density at radius 2 is 2.14 bits per heavy atom. The van der Waals surface area contributed by atoms with Gasteiger partial charge in [0.05, 0.1) is 7.11 Å². The maximum Gasteiger partial charge on any atom is 0.121 e. The van der Waals surface area contributed by atoms with E-state index in [1.54, 1.807) is 7.11 Å². The highest BCUT2D eigenvalue weighted by Gasteiger charge is 1.99. The molecule has 0 aromatic heterocycles. The molecule has 0 aliphatic rings. The fourth-order valence-electron chi connectivity index (χ4n) is 1.51. The number of hydrogen-bond acceptors (Lipinski definition) is 2. The summed E-state index contributed by atoms with van der Waals surface area (Å²) in [6.45, 7) is 6.28. The molecule has 1 rings (SSSR count). The molecule has 0 radical (unpaired) electrons. The normalized spacial score (nSPS) is 10.2. The Kier molecular flexibility index (Phi) is 4.47. The van der Waals surface area contributed by atoms with E-state index in [2.05, 4.69) is 31.3 Å². The highest BCUT2D eigenvalue weighted by molar-refractivity contribution is 5.36. The summed E-state index contributed by atoms with van der Waals surface area (Å²) in [6.07, 6.45) is 1.08. The Hall–Kier alpha value is -1.02. The number of methoxy groups -OCH3 is 1. The molecular weight excluding hydrogens is 174 g/mol. The SMILES string of the molecule is CCNCCc1ccc(OC)c(C)c1. The van der Waals surface area contributed by atoms with Gasteiger partial charge >= 0.3 is 0 Å². The standard InChI is InChI=1S/C12H19NO/c1-4-13-8-7-11-5-6-12(14-3)10(2)9-11/h5-6,9,13H,4,7-8H2,1-3H3. The van der Waals surface area contributed by atoms with Gasteiger partial charge in [0.2, 0.25) is 0 Å². The monoisotopic (exact) mass is 193 g/mol. The van der Waals surface area contributed by atoms with Gasteiger partial charge in [-0.25, -0.2) is 0 Å². The number of aryl methyl sites for hydroxylation is 1. The van der Waals surface area contributed by atoms with Crippen LogP contribution in [0.4, 0.5) is 0 Å². The van der Waals surface area contributed by atoms with E-state index in [-0.39, 0.29) is 0 Å². The molecule has 2 heteroatoms. The minimum absolute atomic E-state index is 0.970. The number of benzene rings is 1. The van der Waals surface area contributed by atoms with Gasteiger partial charge in [0.25, 0.3) is 0 Å². The molecule has 0 fully saturated rings. The van der Waals surface area contributed by atoms with Crippen molar-refractivity contribution in [3.63, 3.8) is 0 Å². The molecule has 0 bridgehead atoms. The first kappa shape index (κ1) is 11.1. The summed E-state index contributed by atoms with van der Waals surface area (Å²) in [5, 5.41) is 3.31. The number of likely N-dealkylation sites (N-methyl/N-ethyl adjacent to an activating group) is 1. The quantitative estimate of drug-likeness (QED) is 0.723. The lowest BCUT2D eigenvalue weighted by Crippen LogP contribution is -2.16. The van der Waals surface area contributed by atoms with Crippen LogP contribution in [0.5, 0.6) is 5.75 Å². The third-order valence-corrected chi connectivity index (χ3v) is 2.30. The van der Waals surface area contributed by atoms with Crippen LogP contribution in [-0.2, 0) is 6.42 Å². The van der Waals surface area contributed by atoms with Crippen LogP contribution in [0.3, 0.4) is 0 Å². The molecule has 14 heavy (non-hydrogen) atoms. The molecule has 78 valence electrons. The van der Waals surface area contributed by atoms with E-state index >= 15 is 0 Å². The first-order chi connectivity index (χ1) is 6.77. The second-order valence-corrected chi connectivity index (χ2v) is 3.41. The fourth-order valence-corrected chi connectivity index (χ4v) is 1.51. The van der Waals surface area contributed by atoms with Crippen LogP contribution in [0, 0.1) is 6.92 Å². The van der Waals surface area contributed by atoms with Crippen molar-refractivity contribution in [3.8, 4) is 5.75 Å². The van der Waals surface area contributed by atoms with Crippen molar-refractivity contribution in [2.45, 2.75) is 20.3 Å². The zero-order chi connectivity index (χ0) is 10.4. The lowest BCUT2D eigenvalue weighted by atomic mass is 10.1. The molecule has 0 amide bonds. The van der Waals surface area contributed by atoms with E-state index < -0.39 is 0 Å². The topological polar surface area (TPSA) is 21.3 Å². The molecule has 0 saturated carbocycles. The van der Waals surface area contributed by atoms with Gasteiger partial charge in [-0.2, -0.15) is 0 Å². The second kappa shape index (κ2) is 5.66. The van der Waals surface area contributed by atoms with Crippen LogP contribution in [0.15, 0.2) is 18.2 Å².